The number of hydrogen-bond donors (Lipinski definition) is 1. The molecule has 0 radical (unpaired) electrons. The summed E-state index contributed by atoms with van der Waals surface area (Å²) in [5, 5.41) is 9.07. The van der Waals surface area contributed by atoms with Gasteiger partial charge in [0, 0.05) is 11.1 Å². The summed E-state index contributed by atoms with van der Waals surface area (Å²) in [5.74, 6) is -1.90. The molecule has 1 saturated heterocycles. The fourth-order valence-corrected chi connectivity index (χ4v) is 4.26. The number of aliphatic carboxylic acids is 1. The van der Waals surface area contributed by atoms with Crippen LogP contribution in [0.1, 0.15) is 69.7 Å². The zero-order valence-corrected chi connectivity index (χ0v) is 17.9. The minimum absolute atomic E-state index is 0.0939. The summed E-state index contributed by atoms with van der Waals surface area (Å²) in [6.07, 6.45) is 7.45. The van der Waals surface area contributed by atoms with Gasteiger partial charge in [-0.2, -0.15) is 0 Å². The largest absolute Gasteiger partial charge is 0.478 e. The molecule has 1 aliphatic carbocycles. The summed E-state index contributed by atoms with van der Waals surface area (Å²) >= 11 is 0. The predicted octanol–water partition coefficient (Wildman–Crippen LogP) is 5.13. The smallest absolute Gasteiger partial charge is 0.331 e. The number of benzene rings is 1. The average Bonchev–Trinajstić information content (AvgIpc) is 3.08. The Morgan fingerprint density at radius 1 is 1.00 bits per heavy atom. The third-order valence-electron chi connectivity index (χ3n) is 6.29. The highest BCUT2D eigenvalue weighted by Gasteiger charge is 2.42. The van der Waals surface area contributed by atoms with E-state index in [0.717, 1.165) is 17.5 Å². The molecule has 2 aliphatic rings. The number of carbonyl (C=O) groups is 1. The van der Waals surface area contributed by atoms with Crippen LogP contribution >= 0.6 is 0 Å². The summed E-state index contributed by atoms with van der Waals surface area (Å²) in [4.78, 5) is 11.1. The van der Waals surface area contributed by atoms with E-state index in [9.17, 15) is 4.79 Å². The number of rotatable bonds is 4. The summed E-state index contributed by atoms with van der Waals surface area (Å²) in [7, 11) is 0. The highest BCUT2D eigenvalue weighted by atomic mass is 16.7. The molecule has 0 unspecified atom stereocenters. The molecule has 0 saturated carbocycles. The number of ether oxygens (including phenoxy) is 2. The molecule has 0 spiro atoms. The van der Waals surface area contributed by atoms with E-state index in [4.69, 9.17) is 14.6 Å². The molecule has 152 valence electrons. The molecule has 1 aromatic rings. The topological polar surface area (TPSA) is 55.8 Å². The van der Waals surface area contributed by atoms with Crippen molar-refractivity contribution in [3.63, 3.8) is 0 Å². The van der Waals surface area contributed by atoms with E-state index in [1.807, 2.05) is 6.08 Å². The normalized spacial score (nSPS) is 23.0. The second-order valence-corrected chi connectivity index (χ2v) is 9.36. The van der Waals surface area contributed by atoms with Gasteiger partial charge in [0.2, 0.25) is 5.79 Å². The zero-order valence-electron chi connectivity index (χ0n) is 17.9. The van der Waals surface area contributed by atoms with Crippen LogP contribution in [0.5, 0.6) is 0 Å². The van der Waals surface area contributed by atoms with Crippen LogP contribution in [0.15, 0.2) is 35.9 Å². The molecule has 1 aromatic carbocycles. The van der Waals surface area contributed by atoms with Crippen molar-refractivity contribution < 1.29 is 19.4 Å². The van der Waals surface area contributed by atoms with Gasteiger partial charge in [-0.15, -0.1) is 0 Å². The van der Waals surface area contributed by atoms with Gasteiger partial charge in [0.25, 0.3) is 0 Å². The van der Waals surface area contributed by atoms with E-state index in [-0.39, 0.29) is 16.4 Å². The molecule has 28 heavy (non-hydrogen) atoms. The lowest BCUT2D eigenvalue weighted by atomic mass is 9.62. The van der Waals surface area contributed by atoms with Crippen molar-refractivity contribution in [3.05, 3.63) is 58.2 Å². The maximum Gasteiger partial charge on any atom is 0.331 e. The Balaban J connectivity index is 2.12. The van der Waals surface area contributed by atoms with Crippen LogP contribution < -0.4 is 0 Å². The number of allylic oxidation sites excluding steroid dienone is 2. The Morgan fingerprint density at radius 2 is 1.54 bits per heavy atom. The third kappa shape index (κ3) is 3.68. The van der Waals surface area contributed by atoms with Crippen molar-refractivity contribution >= 4 is 5.97 Å². The van der Waals surface area contributed by atoms with Gasteiger partial charge in [0.1, 0.15) is 0 Å². The first-order chi connectivity index (χ1) is 13.0. The van der Waals surface area contributed by atoms with Gasteiger partial charge in [0.15, 0.2) is 0 Å². The molecule has 1 N–H and O–H groups in total. The molecule has 0 aromatic heterocycles. The molecular formula is C24H32O4. The predicted molar refractivity (Wildman–Crippen MR) is 111 cm³/mol. The number of carboxylic acid groups (broad SMARTS) is 1. The Hall–Kier alpha value is -1.91. The van der Waals surface area contributed by atoms with Crippen LogP contribution in [0.4, 0.5) is 0 Å². The SMILES string of the molecule is C/C(=C\C=C\C1(c2cc3c(cc2C)C(C)(C)CCC3(C)C)OCCO1)C(=O)O. The van der Waals surface area contributed by atoms with Gasteiger partial charge in [-0.05, 0) is 66.4 Å². The summed E-state index contributed by atoms with van der Waals surface area (Å²) in [6, 6.07) is 4.56. The van der Waals surface area contributed by atoms with Crippen LogP contribution in [-0.2, 0) is 30.9 Å². The summed E-state index contributed by atoms with van der Waals surface area (Å²) in [6.45, 7) is 13.9. The van der Waals surface area contributed by atoms with Gasteiger partial charge in [-0.3, -0.25) is 0 Å². The van der Waals surface area contributed by atoms with Gasteiger partial charge >= 0.3 is 5.97 Å². The highest BCUT2D eigenvalue weighted by Crippen LogP contribution is 2.48. The first kappa shape index (κ1) is 20.8. The van der Waals surface area contributed by atoms with Gasteiger partial charge in [-0.1, -0.05) is 45.9 Å². The van der Waals surface area contributed by atoms with E-state index in [2.05, 4.69) is 46.8 Å². The Morgan fingerprint density at radius 3 is 2.07 bits per heavy atom. The van der Waals surface area contributed by atoms with Crippen molar-refractivity contribution in [1.29, 1.82) is 0 Å². The third-order valence-corrected chi connectivity index (χ3v) is 6.29. The second-order valence-electron chi connectivity index (χ2n) is 9.36. The number of fused-ring (bicyclic) bond motifs is 1. The Labute approximate surface area is 168 Å². The fraction of sp³-hybridized carbons (Fsp3) is 0.542. The van der Waals surface area contributed by atoms with Gasteiger partial charge in [-0.25, -0.2) is 4.79 Å². The van der Waals surface area contributed by atoms with E-state index in [1.54, 1.807) is 19.1 Å². The highest BCUT2D eigenvalue weighted by molar-refractivity contribution is 5.86. The van der Waals surface area contributed by atoms with Crippen molar-refractivity contribution in [2.75, 3.05) is 13.2 Å². The lowest BCUT2D eigenvalue weighted by Gasteiger charge is -2.43. The van der Waals surface area contributed by atoms with E-state index in [1.165, 1.54) is 17.5 Å². The van der Waals surface area contributed by atoms with Crippen molar-refractivity contribution in [3.8, 4) is 0 Å². The lowest BCUT2D eigenvalue weighted by Crippen LogP contribution is -2.35. The van der Waals surface area contributed by atoms with Crippen LogP contribution in [-0.4, -0.2) is 24.3 Å². The Bertz CT molecular complexity index is 836. The monoisotopic (exact) mass is 384 g/mol. The molecule has 4 heteroatoms. The van der Waals surface area contributed by atoms with Crippen molar-refractivity contribution in [2.24, 2.45) is 0 Å². The van der Waals surface area contributed by atoms with Crippen molar-refractivity contribution in [2.45, 2.75) is 71.0 Å². The van der Waals surface area contributed by atoms with Crippen LogP contribution in [0.3, 0.4) is 0 Å². The minimum atomic E-state index is -0.966. The van der Waals surface area contributed by atoms with Gasteiger partial charge < -0.3 is 14.6 Å². The molecule has 0 amide bonds. The van der Waals surface area contributed by atoms with E-state index in [0.29, 0.717) is 13.2 Å². The molecule has 1 aliphatic heterocycles. The molecule has 4 nitrogen and oxygen atoms in total. The van der Waals surface area contributed by atoms with E-state index >= 15 is 0 Å². The number of hydrogen-bond acceptors (Lipinski definition) is 3. The van der Waals surface area contributed by atoms with Crippen LogP contribution in [0.2, 0.25) is 0 Å². The number of aryl methyl sites for hydroxylation is 1. The van der Waals surface area contributed by atoms with E-state index < -0.39 is 11.8 Å². The molecule has 1 fully saturated rings. The zero-order chi connectivity index (χ0) is 20.7. The first-order valence-corrected chi connectivity index (χ1v) is 10.0. The standard InChI is InChI=1S/C24H32O4/c1-16(21(25)26)8-7-9-24(27-12-13-28-24)18-15-20-19(14-17(18)2)22(3,4)10-11-23(20,5)6/h7-9,14-15H,10-13H2,1-6H3,(H,25,26)/b9-7+,16-8+. The summed E-state index contributed by atoms with van der Waals surface area (Å²) < 4.78 is 12.2. The maximum atomic E-state index is 11.1. The van der Waals surface area contributed by atoms with Crippen LogP contribution in [0.25, 0.3) is 0 Å². The Kier molecular flexibility index (Phi) is 5.32. The first-order valence-electron chi connectivity index (χ1n) is 10.0. The average molecular weight is 385 g/mol. The van der Waals surface area contributed by atoms with Crippen molar-refractivity contribution in [1.82, 2.24) is 0 Å². The quantitative estimate of drug-likeness (QED) is 0.577. The molecule has 0 atom stereocenters. The number of carboxylic acids is 1. The minimum Gasteiger partial charge on any atom is -0.478 e. The lowest BCUT2D eigenvalue weighted by molar-refractivity contribution is -0.132. The summed E-state index contributed by atoms with van der Waals surface area (Å²) in [5.41, 5.74) is 5.42. The second kappa shape index (κ2) is 7.16. The van der Waals surface area contributed by atoms with Gasteiger partial charge in [0.05, 0.1) is 13.2 Å². The van der Waals surface area contributed by atoms with Crippen LogP contribution in [0, 0.1) is 6.92 Å². The molecule has 1 heterocycles. The fourth-order valence-electron chi connectivity index (χ4n) is 4.26. The maximum absolute atomic E-state index is 11.1. The molecule has 0 bridgehead atoms. The molecular weight excluding hydrogens is 352 g/mol. The molecule has 3 rings (SSSR count).